The summed E-state index contributed by atoms with van der Waals surface area (Å²) in [6.45, 7) is 3.95. The van der Waals surface area contributed by atoms with Crippen molar-refractivity contribution in [1.29, 1.82) is 5.39 Å². The molecular formula is C15H15N2OS+. The molecule has 0 heterocycles. The molecule has 4 heteroatoms. The largest absolute Gasteiger partial charge is 0.497 e. The Balaban J connectivity index is 2.28. The molecule has 2 aromatic carbocycles. The molecule has 0 atom stereocenters. The van der Waals surface area contributed by atoms with E-state index in [-0.39, 0.29) is 0 Å². The average Bonchev–Trinajstić information content (AvgIpc) is 2.43. The van der Waals surface area contributed by atoms with Crippen LogP contribution in [0.1, 0.15) is 11.1 Å². The van der Waals surface area contributed by atoms with Gasteiger partial charge in [0.25, 0.3) is 0 Å². The average molecular weight is 271 g/mol. The van der Waals surface area contributed by atoms with Gasteiger partial charge in [-0.1, -0.05) is 11.8 Å². The Hall–Kier alpha value is -1.99. The fraction of sp³-hybridized carbons (Fsp3) is 0.200. The summed E-state index contributed by atoms with van der Waals surface area (Å²) in [6, 6.07) is 11.9. The van der Waals surface area contributed by atoms with Crippen molar-refractivity contribution in [2.75, 3.05) is 7.11 Å². The summed E-state index contributed by atoms with van der Waals surface area (Å²) in [6.07, 6.45) is 0. The lowest BCUT2D eigenvalue weighted by Crippen LogP contribution is -1.84. The van der Waals surface area contributed by atoms with Crippen LogP contribution in [0, 0.1) is 19.2 Å². The maximum Gasteiger partial charge on any atom is 0.388 e. The highest BCUT2D eigenvalue weighted by atomic mass is 32.2. The van der Waals surface area contributed by atoms with Gasteiger partial charge < -0.3 is 4.74 Å². The van der Waals surface area contributed by atoms with Gasteiger partial charge in [0.15, 0.2) is 4.98 Å². The van der Waals surface area contributed by atoms with E-state index >= 15 is 0 Å². The van der Waals surface area contributed by atoms with Gasteiger partial charge in [-0.25, -0.2) is 0 Å². The summed E-state index contributed by atoms with van der Waals surface area (Å²) >= 11 is 1.69. The molecule has 0 bridgehead atoms. The number of benzene rings is 2. The minimum atomic E-state index is 0.622. The predicted molar refractivity (Wildman–Crippen MR) is 77.8 cm³/mol. The maximum atomic E-state index is 8.89. The molecular weight excluding hydrogens is 256 g/mol. The van der Waals surface area contributed by atoms with Crippen molar-refractivity contribution in [3.63, 3.8) is 0 Å². The van der Waals surface area contributed by atoms with Crippen LogP contribution in [0.3, 0.4) is 0 Å². The molecule has 0 aliphatic carbocycles. The van der Waals surface area contributed by atoms with Crippen molar-refractivity contribution in [3.05, 3.63) is 52.5 Å². The number of nitrogens with zero attached hydrogens (tertiary/aromatic N) is 2. The second-order valence-electron chi connectivity index (χ2n) is 4.28. The lowest BCUT2D eigenvalue weighted by Gasteiger charge is -2.06. The van der Waals surface area contributed by atoms with Crippen LogP contribution in [-0.4, -0.2) is 7.11 Å². The third kappa shape index (κ3) is 3.07. The topological polar surface area (TPSA) is 37.4 Å². The minimum Gasteiger partial charge on any atom is -0.497 e. The highest BCUT2D eigenvalue weighted by Gasteiger charge is 2.13. The van der Waals surface area contributed by atoms with Crippen molar-refractivity contribution in [1.82, 2.24) is 0 Å². The zero-order chi connectivity index (χ0) is 13.8. The Kier molecular flexibility index (Phi) is 4.08. The SMILES string of the molecule is COc1ccc(Sc2cc(C)c([N+]#N)cc2C)cc1. The molecule has 0 N–H and O–H groups in total. The fourth-order valence-corrected chi connectivity index (χ4v) is 2.74. The van der Waals surface area contributed by atoms with Gasteiger partial charge in [-0.2, -0.15) is 0 Å². The van der Waals surface area contributed by atoms with E-state index in [0.29, 0.717) is 5.69 Å². The Morgan fingerprint density at radius 1 is 1.05 bits per heavy atom. The van der Waals surface area contributed by atoms with Crippen LogP contribution in [0.25, 0.3) is 4.98 Å². The Bertz CT molecular complexity index is 630. The van der Waals surface area contributed by atoms with E-state index in [2.05, 4.69) is 4.98 Å². The van der Waals surface area contributed by atoms with Crippen LogP contribution in [0.4, 0.5) is 5.69 Å². The van der Waals surface area contributed by atoms with E-state index in [1.54, 1.807) is 18.9 Å². The molecule has 3 nitrogen and oxygen atoms in total. The van der Waals surface area contributed by atoms with Crippen LogP contribution in [0.5, 0.6) is 5.75 Å². The first-order valence-electron chi connectivity index (χ1n) is 5.92. The van der Waals surface area contributed by atoms with E-state index < -0.39 is 0 Å². The quantitative estimate of drug-likeness (QED) is 0.741. The van der Waals surface area contributed by atoms with E-state index in [0.717, 1.165) is 26.7 Å². The van der Waals surface area contributed by atoms with Crippen molar-refractivity contribution in [2.24, 2.45) is 0 Å². The first-order valence-corrected chi connectivity index (χ1v) is 6.74. The zero-order valence-electron chi connectivity index (χ0n) is 11.2. The molecule has 0 aromatic heterocycles. The van der Waals surface area contributed by atoms with Crippen LogP contribution >= 0.6 is 11.8 Å². The summed E-state index contributed by atoms with van der Waals surface area (Å²) in [4.78, 5) is 5.59. The third-order valence-electron chi connectivity index (χ3n) is 2.89. The highest BCUT2D eigenvalue weighted by molar-refractivity contribution is 7.99. The molecule has 0 amide bonds. The summed E-state index contributed by atoms with van der Waals surface area (Å²) in [5.41, 5.74) is 2.68. The normalized spacial score (nSPS) is 10.0. The van der Waals surface area contributed by atoms with Gasteiger partial charge in [0, 0.05) is 21.4 Å². The molecule has 0 fully saturated rings. The van der Waals surface area contributed by atoms with Gasteiger partial charge >= 0.3 is 5.69 Å². The molecule has 0 saturated heterocycles. The van der Waals surface area contributed by atoms with E-state index in [1.807, 2.05) is 50.2 Å². The minimum absolute atomic E-state index is 0.622. The van der Waals surface area contributed by atoms with E-state index in [4.69, 9.17) is 10.1 Å². The van der Waals surface area contributed by atoms with Crippen LogP contribution < -0.4 is 4.74 Å². The maximum absolute atomic E-state index is 8.89. The standard InChI is InChI=1S/C15H15N2OS/c1-10-9-15(11(2)8-14(10)17-16)19-13-6-4-12(18-3)5-7-13/h4-9H,1-3H3/q+1. The number of rotatable bonds is 3. The predicted octanol–water partition coefficient (Wildman–Crippen LogP) is 4.95. The number of diazo groups is 1. The van der Waals surface area contributed by atoms with Gasteiger partial charge in [-0.3, -0.25) is 0 Å². The highest BCUT2D eigenvalue weighted by Crippen LogP contribution is 2.34. The summed E-state index contributed by atoms with van der Waals surface area (Å²) in [7, 11) is 1.66. The number of hydrogen-bond donors (Lipinski definition) is 0. The molecule has 2 aromatic rings. The van der Waals surface area contributed by atoms with Crippen molar-refractivity contribution in [3.8, 4) is 5.75 Å². The first-order chi connectivity index (χ1) is 9.13. The number of hydrogen-bond acceptors (Lipinski definition) is 3. The second-order valence-corrected chi connectivity index (χ2v) is 5.40. The lowest BCUT2D eigenvalue weighted by atomic mass is 10.1. The second kappa shape index (κ2) is 5.77. The third-order valence-corrected chi connectivity index (χ3v) is 4.06. The Morgan fingerprint density at radius 3 is 2.32 bits per heavy atom. The van der Waals surface area contributed by atoms with Gasteiger partial charge in [-0.05, 0) is 49.7 Å². The molecule has 0 aliphatic rings. The first kappa shape index (κ1) is 13.4. The fourth-order valence-electron chi connectivity index (χ4n) is 1.76. The van der Waals surface area contributed by atoms with Gasteiger partial charge in [0.1, 0.15) is 5.75 Å². The van der Waals surface area contributed by atoms with Crippen molar-refractivity contribution < 1.29 is 4.74 Å². The summed E-state index contributed by atoms with van der Waals surface area (Å²) in [5.74, 6) is 0.853. The molecule has 2 rings (SSSR count). The lowest BCUT2D eigenvalue weighted by molar-refractivity contribution is 0.414. The molecule has 0 radical (unpaired) electrons. The van der Waals surface area contributed by atoms with Gasteiger partial charge in [0.05, 0.1) is 7.11 Å². The summed E-state index contributed by atoms with van der Waals surface area (Å²) < 4.78 is 5.14. The molecule has 96 valence electrons. The van der Waals surface area contributed by atoms with Crippen LogP contribution in [0.15, 0.2) is 46.2 Å². The smallest absolute Gasteiger partial charge is 0.388 e. The molecule has 0 unspecified atom stereocenters. The molecule has 19 heavy (non-hydrogen) atoms. The van der Waals surface area contributed by atoms with Gasteiger partial charge in [-0.15, -0.1) is 0 Å². The van der Waals surface area contributed by atoms with E-state index in [9.17, 15) is 0 Å². The Labute approximate surface area is 117 Å². The van der Waals surface area contributed by atoms with Crippen molar-refractivity contribution in [2.45, 2.75) is 23.6 Å². The Morgan fingerprint density at radius 2 is 1.74 bits per heavy atom. The number of methoxy groups -OCH3 is 1. The monoisotopic (exact) mass is 271 g/mol. The van der Waals surface area contributed by atoms with E-state index in [1.165, 1.54) is 0 Å². The molecule has 0 aliphatic heterocycles. The number of aryl methyl sites for hydroxylation is 2. The van der Waals surface area contributed by atoms with Crippen LogP contribution in [0.2, 0.25) is 0 Å². The van der Waals surface area contributed by atoms with Crippen LogP contribution in [-0.2, 0) is 0 Å². The summed E-state index contributed by atoms with van der Waals surface area (Å²) in [5, 5.41) is 8.89. The molecule has 0 spiro atoms. The number of ether oxygens (including phenoxy) is 1. The van der Waals surface area contributed by atoms with Gasteiger partial charge in [0.2, 0.25) is 5.39 Å². The zero-order valence-corrected chi connectivity index (χ0v) is 12.0. The molecule has 0 saturated carbocycles. The van der Waals surface area contributed by atoms with Crippen molar-refractivity contribution >= 4 is 17.4 Å².